The van der Waals surface area contributed by atoms with Crippen molar-refractivity contribution in [3.63, 3.8) is 0 Å². The van der Waals surface area contributed by atoms with E-state index in [1.807, 2.05) is 0 Å². The minimum Gasteiger partial charge on any atom is -0.349 e. The van der Waals surface area contributed by atoms with Gasteiger partial charge in [-0.2, -0.15) is 0 Å². The van der Waals surface area contributed by atoms with Crippen LogP contribution in [0.3, 0.4) is 0 Å². The highest BCUT2D eigenvalue weighted by Gasteiger charge is 2.40. The van der Waals surface area contributed by atoms with Crippen molar-refractivity contribution in [3.8, 4) is 0 Å². The van der Waals surface area contributed by atoms with Gasteiger partial charge in [0.15, 0.2) is 6.29 Å². The molecular weight excluding hydrogens is 156 g/mol. The summed E-state index contributed by atoms with van der Waals surface area (Å²) in [5.41, 5.74) is 0. The van der Waals surface area contributed by atoms with Gasteiger partial charge in [0.2, 0.25) is 0 Å². The molecule has 0 aromatic carbocycles. The van der Waals surface area contributed by atoms with Crippen molar-refractivity contribution in [1.29, 1.82) is 0 Å². The van der Waals surface area contributed by atoms with Crippen molar-refractivity contribution >= 4 is 5.78 Å². The highest BCUT2D eigenvalue weighted by Crippen LogP contribution is 2.33. The van der Waals surface area contributed by atoms with Crippen molar-refractivity contribution in [3.05, 3.63) is 0 Å². The maximum absolute atomic E-state index is 11.4. The maximum atomic E-state index is 11.4. The summed E-state index contributed by atoms with van der Waals surface area (Å²) in [5.74, 6) is 0.752. The number of Topliss-reactive ketones (excluding diaryl/α,β-unsaturated/α-hetero) is 1. The van der Waals surface area contributed by atoms with E-state index in [1.165, 1.54) is 0 Å². The van der Waals surface area contributed by atoms with Crippen molar-refractivity contribution in [2.75, 3.05) is 13.2 Å². The fraction of sp³-hybridized carbons (Fsp3) is 0.889. The fourth-order valence-electron chi connectivity index (χ4n) is 2.04. The maximum Gasteiger partial charge on any atom is 0.167 e. The Morgan fingerprint density at radius 1 is 1.33 bits per heavy atom. The minimum absolute atomic E-state index is 0.00694. The fourth-order valence-corrected chi connectivity index (χ4v) is 2.04. The van der Waals surface area contributed by atoms with E-state index in [9.17, 15) is 4.79 Å². The van der Waals surface area contributed by atoms with Crippen LogP contribution in [0.2, 0.25) is 0 Å². The van der Waals surface area contributed by atoms with Crippen LogP contribution in [0.25, 0.3) is 0 Å². The molecule has 0 aromatic rings. The van der Waals surface area contributed by atoms with Gasteiger partial charge in [0.1, 0.15) is 5.78 Å². The molecule has 0 radical (unpaired) electrons. The van der Waals surface area contributed by atoms with E-state index < -0.39 is 0 Å². The van der Waals surface area contributed by atoms with Gasteiger partial charge >= 0.3 is 0 Å². The second-order valence-electron chi connectivity index (χ2n) is 3.62. The van der Waals surface area contributed by atoms with Crippen LogP contribution >= 0.6 is 0 Å². The summed E-state index contributed by atoms with van der Waals surface area (Å²) in [5, 5.41) is 0. The average molecular weight is 170 g/mol. The molecule has 1 unspecified atom stereocenters. The first kappa shape index (κ1) is 8.20. The van der Waals surface area contributed by atoms with E-state index in [2.05, 4.69) is 6.92 Å². The quantitative estimate of drug-likeness (QED) is 0.588. The first-order valence-corrected chi connectivity index (χ1v) is 4.55. The number of ketones is 1. The highest BCUT2D eigenvalue weighted by atomic mass is 16.7. The first-order valence-electron chi connectivity index (χ1n) is 4.55. The van der Waals surface area contributed by atoms with Crippen molar-refractivity contribution in [2.45, 2.75) is 26.1 Å². The zero-order valence-electron chi connectivity index (χ0n) is 7.29. The summed E-state index contributed by atoms with van der Waals surface area (Å²) in [4.78, 5) is 11.4. The number of carbonyl (C=O) groups excluding carboxylic acids is 1. The molecule has 1 heterocycles. The molecule has 12 heavy (non-hydrogen) atoms. The van der Waals surface area contributed by atoms with Crippen LogP contribution in [-0.4, -0.2) is 25.3 Å². The second-order valence-corrected chi connectivity index (χ2v) is 3.62. The van der Waals surface area contributed by atoms with Crippen LogP contribution in [0.15, 0.2) is 0 Å². The van der Waals surface area contributed by atoms with Gasteiger partial charge in [-0.1, -0.05) is 6.92 Å². The van der Waals surface area contributed by atoms with Crippen LogP contribution < -0.4 is 0 Å². The Bertz CT molecular complexity index is 184. The molecule has 2 rings (SSSR count). The zero-order valence-corrected chi connectivity index (χ0v) is 7.29. The SMILES string of the molecule is C[C@@H]1CCC(=O)C1C1OCCO1. The number of carbonyl (C=O) groups is 1. The van der Waals surface area contributed by atoms with Gasteiger partial charge in [-0.25, -0.2) is 0 Å². The Morgan fingerprint density at radius 3 is 2.50 bits per heavy atom. The number of ether oxygens (including phenoxy) is 2. The Balaban J connectivity index is 2.04. The molecule has 0 N–H and O–H groups in total. The van der Waals surface area contributed by atoms with Gasteiger partial charge in [-0.05, 0) is 12.3 Å². The Hall–Kier alpha value is -0.410. The molecule has 1 aliphatic carbocycles. The number of hydrogen-bond acceptors (Lipinski definition) is 3. The van der Waals surface area contributed by atoms with Crippen molar-refractivity contribution < 1.29 is 14.3 Å². The molecule has 0 bridgehead atoms. The largest absolute Gasteiger partial charge is 0.349 e. The predicted molar refractivity (Wildman–Crippen MR) is 42.6 cm³/mol. The van der Waals surface area contributed by atoms with Gasteiger partial charge < -0.3 is 9.47 Å². The lowest BCUT2D eigenvalue weighted by atomic mass is 9.97. The molecule has 3 nitrogen and oxygen atoms in total. The Labute approximate surface area is 72.0 Å². The molecule has 3 heteroatoms. The summed E-state index contributed by atoms with van der Waals surface area (Å²) in [7, 11) is 0. The summed E-state index contributed by atoms with van der Waals surface area (Å²) in [6, 6.07) is 0. The monoisotopic (exact) mass is 170 g/mol. The first-order chi connectivity index (χ1) is 5.79. The Morgan fingerprint density at radius 2 is 2.00 bits per heavy atom. The van der Waals surface area contributed by atoms with E-state index in [0.717, 1.165) is 6.42 Å². The van der Waals surface area contributed by atoms with Crippen LogP contribution in [-0.2, 0) is 14.3 Å². The van der Waals surface area contributed by atoms with Crippen LogP contribution in [0.4, 0.5) is 0 Å². The van der Waals surface area contributed by atoms with E-state index >= 15 is 0 Å². The van der Waals surface area contributed by atoms with Gasteiger partial charge in [-0.15, -0.1) is 0 Å². The predicted octanol–water partition coefficient (Wildman–Crippen LogP) is 0.974. The number of hydrogen-bond donors (Lipinski definition) is 0. The minimum atomic E-state index is -0.241. The molecular formula is C9H14O3. The van der Waals surface area contributed by atoms with Gasteiger partial charge in [0.05, 0.1) is 19.1 Å². The van der Waals surface area contributed by atoms with Crippen LogP contribution in [0.1, 0.15) is 19.8 Å². The molecule has 68 valence electrons. The molecule has 2 fully saturated rings. The van der Waals surface area contributed by atoms with E-state index in [4.69, 9.17) is 9.47 Å². The van der Waals surface area contributed by atoms with Gasteiger partial charge in [0, 0.05) is 6.42 Å². The molecule has 1 saturated carbocycles. The molecule has 2 atom stereocenters. The van der Waals surface area contributed by atoms with Gasteiger partial charge in [-0.3, -0.25) is 4.79 Å². The third-order valence-electron chi connectivity index (χ3n) is 2.77. The molecule has 2 aliphatic rings. The van der Waals surface area contributed by atoms with E-state index in [-0.39, 0.29) is 12.2 Å². The third-order valence-corrected chi connectivity index (χ3v) is 2.77. The van der Waals surface area contributed by atoms with Crippen LogP contribution in [0.5, 0.6) is 0 Å². The smallest absolute Gasteiger partial charge is 0.167 e. The summed E-state index contributed by atoms with van der Waals surface area (Å²) in [6.45, 7) is 3.38. The van der Waals surface area contributed by atoms with E-state index in [0.29, 0.717) is 31.3 Å². The zero-order chi connectivity index (χ0) is 8.55. The average Bonchev–Trinajstić information content (AvgIpc) is 2.61. The molecule has 1 saturated heterocycles. The van der Waals surface area contributed by atoms with Crippen molar-refractivity contribution in [1.82, 2.24) is 0 Å². The van der Waals surface area contributed by atoms with Crippen LogP contribution in [0, 0.1) is 11.8 Å². The summed E-state index contributed by atoms with van der Waals surface area (Å²) < 4.78 is 10.7. The standard InChI is InChI=1S/C9H14O3/c1-6-2-3-7(10)8(6)9-11-4-5-12-9/h6,8-9H,2-5H2,1H3/t6-,8?/m1/s1. The molecule has 0 spiro atoms. The highest BCUT2D eigenvalue weighted by molar-refractivity contribution is 5.83. The van der Waals surface area contributed by atoms with Gasteiger partial charge in [0.25, 0.3) is 0 Å². The normalized spacial score (nSPS) is 37.9. The molecule has 0 amide bonds. The molecule has 1 aliphatic heterocycles. The number of rotatable bonds is 1. The van der Waals surface area contributed by atoms with E-state index in [1.54, 1.807) is 0 Å². The van der Waals surface area contributed by atoms with Crippen molar-refractivity contribution in [2.24, 2.45) is 11.8 Å². The molecule has 0 aromatic heterocycles. The third kappa shape index (κ3) is 1.27. The summed E-state index contributed by atoms with van der Waals surface area (Å²) in [6.07, 6.45) is 1.46. The summed E-state index contributed by atoms with van der Waals surface area (Å²) >= 11 is 0. The Kier molecular flexibility index (Phi) is 2.15. The lowest BCUT2D eigenvalue weighted by Crippen LogP contribution is -2.28. The lowest BCUT2D eigenvalue weighted by Gasteiger charge is -2.19. The lowest BCUT2D eigenvalue weighted by molar-refractivity contribution is -0.138. The topological polar surface area (TPSA) is 35.5 Å². The second kappa shape index (κ2) is 3.15.